The summed E-state index contributed by atoms with van der Waals surface area (Å²) in [5, 5.41) is 4.98. The van der Waals surface area contributed by atoms with Crippen LogP contribution in [0.15, 0.2) is 42.5 Å². The van der Waals surface area contributed by atoms with E-state index in [0.717, 1.165) is 10.9 Å². The fourth-order valence-electron chi connectivity index (χ4n) is 1.96. The van der Waals surface area contributed by atoms with Crippen LogP contribution in [0.5, 0.6) is 0 Å². The van der Waals surface area contributed by atoms with Crippen molar-refractivity contribution in [2.45, 2.75) is 0 Å². The van der Waals surface area contributed by atoms with Crippen LogP contribution >= 0.6 is 0 Å². The van der Waals surface area contributed by atoms with Crippen molar-refractivity contribution in [3.63, 3.8) is 0 Å². The molecule has 5 heteroatoms. The number of nitrogens with zero attached hydrogens (tertiary/aromatic N) is 2. The summed E-state index contributed by atoms with van der Waals surface area (Å²) in [7, 11) is 0. The van der Waals surface area contributed by atoms with Gasteiger partial charge in [0.05, 0.1) is 11.2 Å². The topological polar surface area (TPSA) is 69.9 Å². The number of fused-ring (bicyclic) bond motifs is 1. The van der Waals surface area contributed by atoms with Crippen molar-refractivity contribution in [1.82, 2.24) is 9.78 Å². The number of nitrogens with two attached hydrogens (primary N) is 2. The zero-order chi connectivity index (χ0) is 12.7. The Morgan fingerprint density at radius 3 is 2.67 bits per heavy atom. The van der Waals surface area contributed by atoms with Crippen LogP contribution in [0, 0.1) is 5.82 Å². The average Bonchev–Trinajstić information content (AvgIpc) is 2.67. The highest BCUT2D eigenvalue weighted by molar-refractivity contribution is 5.92. The van der Waals surface area contributed by atoms with Gasteiger partial charge < -0.3 is 11.5 Å². The lowest BCUT2D eigenvalue weighted by Crippen LogP contribution is -1.97. The molecule has 90 valence electrons. The molecule has 0 aliphatic rings. The van der Waals surface area contributed by atoms with E-state index in [1.54, 1.807) is 28.9 Å². The van der Waals surface area contributed by atoms with Crippen LogP contribution in [-0.4, -0.2) is 9.78 Å². The zero-order valence-electron chi connectivity index (χ0n) is 9.47. The van der Waals surface area contributed by atoms with Crippen molar-refractivity contribution in [3.8, 4) is 5.69 Å². The number of halogens is 1. The molecule has 1 heterocycles. The molecule has 0 spiro atoms. The van der Waals surface area contributed by atoms with Gasteiger partial charge in [-0.1, -0.05) is 6.07 Å². The maximum Gasteiger partial charge on any atom is 0.153 e. The molecule has 0 bridgehead atoms. The summed E-state index contributed by atoms with van der Waals surface area (Å²) in [6.07, 6.45) is 0. The molecular weight excluding hydrogens is 231 g/mol. The highest BCUT2D eigenvalue weighted by atomic mass is 19.1. The molecule has 0 aliphatic carbocycles. The number of benzene rings is 2. The van der Waals surface area contributed by atoms with E-state index in [0.29, 0.717) is 17.2 Å². The monoisotopic (exact) mass is 242 g/mol. The van der Waals surface area contributed by atoms with Crippen molar-refractivity contribution in [1.29, 1.82) is 0 Å². The number of anilines is 2. The van der Waals surface area contributed by atoms with E-state index in [4.69, 9.17) is 11.5 Å². The molecule has 0 fully saturated rings. The second kappa shape index (κ2) is 3.73. The quantitative estimate of drug-likeness (QED) is 0.643. The Morgan fingerprint density at radius 2 is 1.89 bits per heavy atom. The third kappa shape index (κ3) is 1.57. The minimum Gasteiger partial charge on any atom is -0.399 e. The maximum absolute atomic E-state index is 13.2. The van der Waals surface area contributed by atoms with E-state index in [-0.39, 0.29) is 5.82 Å². The number of hydrogen-bond donors (Lipinski definition) is 2. The highest BCUT2D eigenvalue weighted by Gasteiger charge is 2.10. The van der Waals surface area contributed by atoms with Gasteiger partial charge in [-0.15, -0.1) is 5.10 Å². The van der Waals surface area contributed by atoms with Crippen molar-refractivity contribution >= 4 is 22.4 Å². The second-order valence-corrected chi connectivity index (χ2v) is 4.05. The number of aromatic nitrogens is 2. The molecule has 3 aromatic rings. The number of nitrogen functional groups attached to an aromatic ring is 2. The van der Waals surface area contributed by atoms with Crippen LogP contribution in [-0.2, 0) is 0 Å². The molecule has 0 unspecified atom stereocenters. The van der Waals surface area contributed by atoms with Gasteiger partial charge in [0, 0.05) is 11.1 Å². The van der Waals surface area contributed by atoms with E-state index in [1.165, 1.54) is 12.1 Å². The lowest BCUT2D eigenvalue weighted by molar-refractivity contribution is 0.626. The first-order valence-corrected chi connectivity index (χ1v) is 5.45. The van der Waals surface area contributed by atoms with Crippen LogP contribution in [0.25, 0.3) is 16.6 Å². The van der Waals surface area contributed by atoms with Gasteiger partial charge in [0.25, 0.3) is 0 Å². The van der Waals surface area contributed by atoms with Gasteiger partial charge >= 0.3 is 0 Å². The maximum atomic E-state index is 13.2. The van der Waals surface area contributed by atoms with Gasteiger partial charge in [-0.3, -0.25) is 0 Å². The summed E-state index contributed by atoms with van der Waals surface area (Å²) in [5.41, 5.74) is 13.6. The number of rotatable bonds is 1. The lowest BCUT2D eigenvalue weighted by atomic mass is 10.2. The summed E-state index contributed by atoms with van der Waals surface area (Å²) >= 11 is 0. The van der Waals surface area contributed by atoms with Gasteiger partial charge in [-0.05, 0) is 36.4 Å². The molecule has 0 saturated heterocycles. The van der Waals surface area contributed by atoms with Crippen molar-refractivity contribution in [2.24, 2.45) is 0 Å². The molecule has 0 aliphatic heterocycles. The van der Waals surface area contributed by atoms with Crippen molar-refractivity contribution < 1.29 is 4.39 Å². The van der Waals surface area contributed by atoms with Crippen molar-refractivity contribution in [2.75, 3.05) is 11.5 Å². The van der Waals surface area contributed by atoms with Crippen LogP contribution in [0.2, 0.25) is 0 Å². The largest absolute Gasteiger partial charge is 0.399 e. The molecule has 1 aromatic heterocycles. The minimum absolute atomic E-state index is 0.315. The van der Waals surface area contributed by atoms with E-state index in [2.05, 4.69) is 5.10 Å². The van der Waals surface area contributed by atoms with Crippen LogP contribution in [0.4, 0.5) is 15.9 Å². The van der Waals surface area contributed by atoms with E-state index in [9.17, 15) is 4.39 Å². The molecule has 3 rings (SSSR count). The fourth-order valence-corrected chi connectivity index (χ4v) is 1.96. The third-order valence-electron chi connectivity index (χ3n) is 2.79. The smallest absolute Gasteiger partial charge is 0.153 e. The van der Waals surface area contributed by atoms with E-state index < -0.39 is 0 Å². The Balaban J connectivity index is 2.30. The van der Waals surface area contributed by atoms with E-state index in [1.807, 2.05) is 6.07 Å². The molecule has 0 saturated carbocycles. The van der Waals surface area contributed by atoms with Gasteiger partial charge in [0.1, 0.15) is 5.82 Å². The second-order valence-electron chi connectivity index (χ2n) is 4.05. The van der Waals surface area contributed by atoms with Gasteiger partial charge in [-0.2, -0.15) is 0 Å². The van der Waals surface area contributed by atoms with Crippen LogP contribution in [0.3, 0.4) is 0 Å². The predicted molar refractivity (Wildman–Crippen MR) is 69.9 cm³/mol. The first kappa shape index (κ1) is 10.6. The Bertz CT molecular complexity index is 733. The summed E-state index contributed by atoms with van der Waals surface area (Å²) < 4.78 is 14.8. The fraction of sp³-hybridized carbons (Fsp3) is 0. The van der Waals surface area contributed by atoms with Crippen LogP contribution in [0.1, 0.15) is 0 Å². The predicted octanol–water partition coefficient (Wildman–Crippen LogP) is 2.33. The summed E-state index contributed by atoms with van der Waals surface area (Å²) in [4.78, 5) is 0. The average molecular weight is 242 g/mol. The normalized spacial score (nSPS) is 10.9. The van der Waals surface area contributed by atoms with Crippen LogP contribution < -0.4 is 11.5 Å². The van der Waals surface area contributed by atoms with Crippen molar-refractivity contribution in [3.05, 3.63) is 48.3 Å². The first-order chi connectivity index (χ1) is 8.65. The SMILES string of the molecule is Nc1ccc2c(c1)c(N)nn2-c1cccc(F)c1. The Morgan fingerprint density at radius 1 is 1.06 bits per heavy atom. The molecule has 0 radical (unpaired) electrons. The minimum atomic E-state index is -0.315. The molecule has 4 nitrogen and oxygen atoms in total. The standard InChI is InChI=1S/C13H11FN4/c14-8-2-1-3-10(6-8)18-12-5-4-9(15)7-11(12)13(16)17-18/h1-7H,15H2,(H2,16,17). The Hall–Kier alpha value is -2.56. The first-order valence-electron chi connectivity index (χ1n) is 5.45. The molecular formula is C13H11FN4. The summed E-state index contributed by atoms with van der Waals surface area (Å²) in [5.74, 6) is 0.0618. The summed E-state index contributed by atoms with van der Waals surface area (Å²) in [6.45, 7) is 0. The van der Waals surface area contributed by atoms with Gasteiger partial charge in [-0.25, -0.2) is 9.07 Å². The Kier molecular flexibility index (Phi) is 2.19. The third-order valence-corrected chi connectivity index (χ3v) is 2.79. The molecule has 18 heavy (non-hydrogen) atoms. The lowest BCUT2D eigenvalue weighted by Gasteiger charge is -2.03. The molecule has 0 atom stereocenters. The van der Waals surface area contributed by atoms with Gasteiger partial charge in [0.2, 0.25) is 0 Å². The summed E-state index contributed by atoms with van der Waals surface area (Å²) in [6, 6.07) is 11.5. The zero-order valence-corrected chi connectivity index (χ0v) is 9.47. The molecule has 2 aromatic carbocycles. The molecule has 4 N–H and O–H groups in total. The highest BCUT2D eigenvalue weighted by Crippen LogP contribution is 2.25. The Labute approximate surface area is 103 Å². The van der Waals surface area contributed by atoms with E-state index >= 15 is 0 Å². The van der Waals surface area contributed by atoms with Gasteiger partial charge in [0.15, 0.2) is 5.82 Å². The number of hydrogen-bond acceptors (Lipinski definition) is 3. The molecule has 0 amide bonds.